The van der Waals surface area contributed by atoms with E-state index in [0.717, 1.165) is 24.9 Å². The van der Waals surface area contributed by atoms with Crippen LogP contribution in [0.1, 0.15) is 18.4 Å². The van der Waals surface area contributed by atoms with Gasteiger partial charge in [-0.25, -0.2) is 0 Å². The van der Waals surface area contributed by atoms with Crippen LogP contribution in [0.4, 0.5) is 5.69 Å². The van der Waals surface area contributed by atoms with Gasteiger partial charge in [0.1, 0.15) is 0 Å². The summed E-state index contributed by atoms with van der Waals surface area (Å²) >= 11 is 6.16. The summed E-state index contributed by atoms with van der Waals surface area (Å²) < 4.78 is 0. The quantitative estimate of drug-likeness (QED) is 0.819. The average molecular weight is 268 g/mol. The summed E-state index contributed by atoms with van der Waals surface area (Å²) in [5.41, 5.74) is 7.35. The van der Waals surface area contributed by atoms with Crippen molar-refractivity contribution < 1.29 is 4.79 Å². The minimum absolute atomic E-state index is 0.0383. The number of nitrogens with two attached hydrogens (primary N) is 1. The van der Waals surface area contributed by atoms with Gasteiger partial charge in [-0.3, -0.25) is 9.69 Å². The van der Waals surface area contributed by atoms with Gasteiger partial charge in [-0.05, 0) is 37.1 Å². The third-order valence-electron chi connectivity index (χ3n) is 3.36. The fourth-order valence-electron chi connectivity index (χ4n) is 2.39. The first-order valence-corrected chi connectivity index (χ1v) is 6.49. The average Bonchev–Trinajstić information content (AvgIpc) is 2.80. The van der Waals surface area contributed by atoms with E-state index in [4.69, 9.17) is 17.3 Å². The lowest BCUT2D eigenvalue weighted by Crippen LogP contribution is -2.41. The molecule has 0 aromatic heterocycles. The molecule has 1 heterocycles. The van der Waals surface area contributed by atoms with Crippen molar-refractivity contribution >= 4 is 23.2 Å². The molecule has 0 radical (unpaired) electrons. The number of halogens is 1. The Balaban J connectivity index is 2.10. The van der Waals surface area contributed by atoms with E-state index in [-0.39, 0.29) is 11.9 Å². The van der Waals surface area contributed by atoms with E-state index < -0.39 is 0 Å². The molecule has 1 unspecified atom stereocenters. The van der Waals surface area contributed by atoms with E-state index in [1.165, 1.54) is 0 Å². The topological polar surface area (TPSA) is 58.4 Å². The maximum Gasteiger partial charge on any atom is 0.237 e. The number of anilines is 1. The van der Waals surface area contributed by atoms with Crippen molar-refractivity contribution in [1.29, 1.82) is 0 Å². The largest absolute Gasteiger partial charge is 0.399 e. The molecule has 1 atom stereocenters. The number of carbonyl (C=O) groups is 1. The zero-order valence-electron chi connectivity index (χ0n) is 10.4. The van der Waals surface area contributed by atoms with Gasteiger partial charge < -0.3 is 11.1 Å². The molecule has 18 heavy (non-hydrogen) atoms. The van der Waals surface area contributed by atoms with Crippen LogP contribution in [0.25, 0.3) is 0 Å². The Morgan fingerprint density at radius 2 is 2.39 bits per heavy atom. The molecule has 2 rings (SSSR count). The van der Waals surface area contributed by atoms with E-state index in [2.05, 4.69) is 10.2 Å². The van der Waals surface area contributed by atoms with Gasteiger partial charge in [0.15, 0.2) is 0 Å². The number of nitrogen functional groups attached to an aromatic ring is 1. The zero-order valence-corrected chi connectivity index (χ0v) is 11.2. The zero-order chi connectivity index (χ0) is 13.1. The van der Waals surface area contributed by atoms with Crippen molar-refractivity contribution in [3.63, 3.8) is 0 Å². The number of rotatable bonds is 3. The molecule has 0 saturated carbocycles. The van der Waals surface area contributed by atoms with Crippen LogP contribution >= 0.6 is 11.6 Å². The molecule has 0 bridgehead atoms. The summed E-state index contributed by atoms with van der Waals surface area (Å²) in [7, 11) is 1.68. The van der Waals surface area contributed by atoms with Gasteiger partial charge in [0.25, 0.3) is 0 Å². The molecule has 1 fully saturated rings. The van der Waals surface area contributed by atoms with E-state index in [0.29, 0.717) is 17.3 Å². The third kappa shape index (κ3) is 2.76. The number of nitrogens with zero attached hydrogens (tertiary/aromatic N) is 1. The second-order valence-corrected chi connectivity index (χ2v) is 5.00. The number of hydrogen-bond donors (Lipinski definition) is 2. The molecule has 1 aromatic rings. The minimum atomic E-state index is -0.0383. The highest BCUT2D eigenvalue weighted by Crippen LogP contribution is 2.25. The summed E-state index contributed by atoms with van der Waals surface area (Å²) in [4.78, 5) is 13.9. The second-order valence-electron chi connectivity index (χ2n) is 4.59. The van der Waals surface area contributed by atoms with Crippen LogP contribution in [0.3, 0.4) is 0 Å². The number of likely N-dealkylation sites (N-methyl/N-ethyl adjacent to an activating group) is 1. The van der Waals surface area contributed by atoms with Crippen LogP contribution in [-0.4, -0.2) is 30.4 Å². The Morgan fingerprint density at radius 1 is 1.61 bits per heavy atom. The smallest absolute Gasteiger partial charge is 0.237 e. The molecule has 1 aliphatic rings. The van der Waals surface area contributed by atoms with Crippen LogP contribution in [0.15, 0.2) is 18.2 Å². The fourth-order valence-corrected chi connectivity index (χ4v) is 2.64. The monoisotopic (exact) mass is 267 g/mol. The van der Waals surface area contributed by atoms with Gasteiger partial charge in [0, 0.05) is 24.3 Å². The Bertz CT molecular complexity index is 450. The maximum absolute atomic E-state index is 11.7. The van der Waals surface area contributed by atoms with Crippen LogP contribution < -0.4 is 11.1 Å². The summed E-state index contributed by atoms with van der Waals surface area (Å²) in [6, 6.07) is 5.48. The first-order valence-electron chi connectivity index (χ1n) is 6.11. The maximum atomic E-state index is 11.7. The van der Waals surface area contributed by atoms with Crippen molar-refractivity contribution in [2.24, 2.45) is 0 Å². The van der Waals surface area contributed by atoms with Gasteiger partial charge >= 0.3 is 0 Å². The van der Waals surface area contributed by atoms with Gasteiger partial charge in [-0.2, -0.15) is 0 Å². The Morgan fingerprint density at radius 3 is 3.06 bits per heavy atom. The number of carbonyl (C=O) groups excluding carboxylic acids is 1. The molecule has 98 valence electrons. The van der Waals surface area contributed by atoms with Crippen LogP contribution in [-0.2, 0) is 11.3 Å². The molecule has 5 heteroatoms. The van der Waals surface area contributed by atoms with Gasteiger partial charge in [-0.1, -0.05) is 17.7 Å². The Hall–Kier alpha value is -1.26. The molecule has 3 N–H and O–H groups in total. The van der Waals surface area contributed by atoms with Crippen LogP contribution in [0.5, 0.6) is 0 Å². The summed E-state index contributed by atoms with van der Waals surface area (Å²) in [6.45, 7) is 1.62. The van der Waals surface area contributed by atoms with Crippen LogP contribution in [0.2, 0.25) is 5.02 Å². The van der Waals surface area contributed by atoms with Crippen molar-refractivity contribution in [3.05, 3.63) is 28.8 Å². The molecule has 1 amide bonds. The van der Waals surface area contributed by atoms with E-state index in [9.17, 15) is 4.79 Å². The van der Waals surface area contributed by atoms with Crippen molar-refractivity contribution in [1.82, 2.24) is 10.2 Å². The molecule has 1 saturated heterocycles. The lowest BCUT2D eigenvalue weighted by Gasteiger charge is -2.23. The molecule has 0 aliphatic carbocycles. The molecular weight excluding hydrogens is 250 g/mol. The molecule has 0 spiro atoms. The first-order chi connectivity index (χ1) is 8.61. The van der Waals surface area contributed by atoms with E-state index in [1.807, 2.05) is 12.1 Å². The Kier molecular flexibility index (Phi) is 4.09. The predicted octanol–water partition coefficient (Wildman–Crippen LogP) is 1.63. The predicted molar refractivity (Wildman–Crippen MR) is 73.4 cm³/mol. The van der Waals surface area contributed by atoms with Crippen molar-refractivity contribution in [2.75, 3.05) is 19.3 Å². The molecule has 4 nitrogen and oxygen atoms in total. The van der Waals surface area contributed by atoms with Gasteiger partial charge in [0.2, 0.25) is 5.91 Å². The first kappa shape index (κ1) is 13.2. The van der Waals surface area contributed by atoms with E-state index >= 15 is 0 Å². The lowest BCUT2D eigenvalue weighted by atomic mass is 10.1. The number of likely N-dealkylation sites (tertiary alicyclic amines) is 1. The van der Waals surface area contributed by atoms with E-state index in [1.54, 1.807) is 13.1 Å². The number of nitrogens with one attached hydrogen (secondary N) is 1. The summed E-state index contributed by atoms with van der Waals surface area (Å²) in [6.07, 6.45) is 1.96. The molecule has 1 aromatic carbocycles. The standard InChI is InChI=1S/C13H18ClN3O/c1-16-13(18)12-3-2-6-17(12)8-9-4-5-10(15)7-11(9)14/h4-5,7,12H,2-3,6,8,15H2,1H3,(H,16,18). The number of amides is 1. The number of benzene rings is 1. The van der Waals surface area contributed by atoms with Crippen molar-refractivity contribution in [3.8, 4) is 0 Å². The highest BCUT2D eigenvalue weighted by molar-refractivity contribution is 6.31. The van der Waals surface area contributed by atoms with Gasteiger partial charge in [-0.15, -0.1) is 0 Å². The third-order valence-corrected chi connectivity index (χ3v) is 3.72. The fraction of sp³-hybridized carbons (Fsp3) is 0.462. The Labute approximate surface area is 112 Å². The highest BCUT2D eigenvalue weighted by atomic mass is 35.5. The summed E-state index contributed by atoms with van der Waals surface area (Å²) in [5.74, 6) is 0.0825. The van der Waals surface area contributed by atoms with Gasteiger partial charge in [0.05, 0.1) is 6.04 Å². The normalized spacial score (nSPS) is 20.0. The lowest BCUT2D eigenvalue weighted by molar-refractivity contribution is -0.125. The minimum Gasteiger partial charge on any atom is -0.399 e. The van der Waals surface area contributed by atoms with Crippen LogP contribution in [0, 0.1) is 0 Å². The highest BCUT2D eigenvalue weighted by Gasteiger charge is 2.30. The number of hydrogen-bond acceptors (Lipinski definition) is 3. The summed E-state index contributed by atoms with van der Waals surface area (Å²) in [5, 5.41) is 3.38. The molecular formula is C13H18ClN3O. The SMILES string of the molecule is CNC(=O)C1CCCN1Cc1ccc(N)cc1Cl. The second kappa shape index (κ2) is 5.59. The molecule has 1 aliphatic heterocycles. The van der Waals surface area contributed by atoms with Crippen molar-refractivity contribution in [2.45, 2.75) is 25.4 Å².